The molecule has 0 aromatic carbocycles. The molecule has 0 rings (SSSR count). The van der Waals surface area contributed by atoms with Crippen LogP contribution in [0.1, 0.15) is 6.92 Å². The summed E-state index contributed by atoms with van der Waals surface area (Å²) in [5, 5.41) is 8.51. The Labute approximate surface area is 78.2 Å². The van der Waals surface area contributed by atoms with Gasteiger partial charge < -0.3 is 0 Å². The molecule has 0 aliphatic rings. The second-order valence-electron chi connectivity index (χ2n) is 3.38. The third-order valence-corrected chi connectivity index (χ3v) is 4.43. The average Bonchev–Trinajstić information content (AvgIpc) is 1.82. The lowest BCUT2D eigenvalue weighted by Gasteiger charge is -2.35. The topological polar surface area (TPSA) is 76.4 Å². The molecule has 0 radical (unpaired) electrons. The van der Waals surface area contributed by atoms with E-state index in [0.29, 0.717) is 0 Å². The van der Waals surface area contributed by atoms with E-state index in [-0.39, 0.29) is 6.61 Å². The fraction of sp³-hybridized carbons (Fsp3) is 0.833. The lowest BCUT2D eigenvalue weighted by molar-refractivity contribution is 0.292. The molecule has 7 heteroatoms. The summed E-state index contributed by atoms with van der Waals surface area (Å²) >= 11 is 0. The predicted octanol–water partition coefficient (Wildman–Crippen LogP) is 1.34. The van der Waals surface area contributed by atoms with Crippen LogP contribution >= 0.6 is 7.60 Å². The Morgan fingerprint density at radius 1 is 1.46 bits per heavy atom. The molecule has 0 heterocycles. The zero-order valence-corrected chi connectivity index (χ0v) is 9.85. The minimum Gasteiger partial charge on any atom is -0.297 e. The van der Waals surface area contributed by atoms with Gasteiger partial charge in [-0.15, -0.1) is 0 Å². The largest absolute Gasteiger partial charge is 0.449 e. The van der Waals surface area contributed by atoms with Crippen molar-refractivity contribution in [1.29, 1.82) is 5.26 Å². The molecule has 0 saturated carbocycles. The van der Waals surface area contributed by atoms with Crippen molar-refractivity contribution in [3.63, 3.8) is 0 Å². The van der Waals surface area contributed by atoms with Crippen molar-refractivity contribution in [1.82, 2.24) is 0 Å². The van der Waals surface area contributed by atoms with Gasteiger partial charge in [0.25, 0.3) is 0 Å². The molecule has 0 aliphatic carbocycles. The first-order valence-electron chi connectivity index (χ1n) is 3.55. The summed E-state index contributed by atoms with van der Waals surface area (Å²) in [7, 11) is -7.28. The molecule has 1 atom stereocenters. The van der Waals surface area contributed by atoms with Gasteiger partial charge in [-0.05, 0) is 6.92 Å². The number of hydrogen-bond donors (Lipinski definition) is 0. The molecule has 0 aromatic rings. The van der Waals surface area contributed by atoms with Gasteiger partial charge in [-0.2, -0.15) is 18.6 Å². The molecule has 0 aliphatic heterocycles. The Morgan fingerprint density at radius 3 is 2.15 bits per heavy atom. The standard InChI is InChI=1S/C6H14NO4PS/c1-5-10-12(8,6-7)11-13(2,3,4)9/h5H2,1-4H3. The second kappa shape index (κ2) is 3.50. The van der Waals surface area contributed by atoms with Crippen LogP contribution in [0.5, 0.6) is 0 Å². The van der Waals surface area contributed by atoms with Gasteiger partial charge in [0, 0.05) is 18.8 Å². The highest BCUT2D eigenvalue weighted by Crippen LogP contribution is 2.51. The average molecular weight is 227 g/mol. The van der Waals surface area contributed by atoms with Crippen molar-refractivity contribution in [3.8, 4) is 5.81 Å². The fourth-order valence-electron chi connectivity index (χ4n) is 0.571. The first-order valence-corrected chi connectivity index (χ1v) is 8.21. The van der Waals surface area contributed by atoms with E-state index >= 15 is 0 Å². The lowest BCUT2D eigenvalue weighted by atomic mass is 10.9. The van der Waals surface area contributed by atoms with Crippen molar-refractivity contribution < 1.29 is 17.3 Å². The Morgan fingerprint density at radius 2 is 1.92 bits per heavy atom. The van der Waals surface area contributed by atoms with Gasteiger partial charge in [-0.25, -0.2) is 8.77 Å². The van der Waals surface area contributed by atoms with Crippen LogP contribution in [0.3, 0.4) is 0 Å². The van der Waals surface area contributed by atoms with E-state index in [1.165, 1.54) is 24.6 Å². The second-order valence-corrected chi connectivity index (χ2v) is 10.0. The van der Waals surface area contributed by atoms with E-state index in [1.54, 1.807) is 6.92 Å². The summed E-state index contributed by atoms with van der Waals surface area (Å²) in [6, 6.07) is 0. The molecule has 0 spiro atoms. The smallest absolute Gasteiger partial charge is 0.297 e. The molecule has 0 fully saturated rings. The fourth-order valence-corrected chi connectivity index (χ4v) is 3.95. The van der Waals surface area contributed by atoms with E-state index in [9.17, 15) is 8.77 Å². The van der Waals surface area contributed by atoms with Gasteiger partial charge in [0.15, 0.2) is 5.81 Å². The van der Waals surface area contributed by atoms with E-state index in [1.807, 2.05) is 0 Å². The lowest BCUT2D eigenvalue weighted by Crippen LogP contribution is -2.29. The van der Waals surface area contributed by atoms with Gasteiger partial charge >= 0.3 is 7.60 Å². The maximum atomic E-state index is 11.6. The molecule has 78 valence electrons. The van der Waals surface area contributed by atoms with Crippen molar-refractivity contribution in [2.24, 2.45) is 0 Å². The molecular weight excluding hydrogens is 213 g/mol. The number of nitriles is 1. The summed E-state index contributed by atoms with van der Waals surface area (Å²) in [5.74, 6) is 1.40. The zero-order valence-electron chi connectivity index (χ0n) is 8.14. The van der Waals surface area contributed by atoms with Crippen molar-refractivity contribution in [2.75, 3.05) is 25.4 Å². The minimum absolute atomic E-state index is 0.0771. The first-order chi connectivity index (χ1) is 5.58. The summed E-state index contributed by atoms with van der Waals surface area (Å²) in [6.45, 7) is 1.65. The molecule has 0 saturated heterocycles. The van der Waals surface area contributed by atoms with Crippen LogP contribution in [0.4, 0.5) is 0 Å². The molecular formula is C6H14NO4PS. The Bertz CT molecular complexity index is 328. The van der Waals surface area contributed by atoms with E-state index < -0.39 is 16.9 Å². The van der Waals surface area contributed by atoms with E-state index in [0.717, 1.165) is 0 Å². The van der Waals surface area contributed by atoms with Crippen LogP contribution < -0.4 is 0 Å². The Balaban J connectivity index is 4.80. The van der Waals surface area contributed by atoms with Crippen molar-refractivity contribution in [3.05, 3.63) is 0 Å². The zero-order chi connectivity index (χ0) is 10.8. The van der Waals surface area contributed by atoms with Crippen LogP contribution in [0.25, 0.3) is 0 Å². The van der Waals surface area contributed by atoms with Gasteiger partial charge in [0.1, 0.15) is 0 Å². The van der Waals surface area contributed by atoms with Crippen LogP contribution in [-0.4, -0.2) is 29.6 Å². The van der Waals surface area contributed by atoms with Crippen LogP contribution in [0, 0.1) is 11.1 Å². The highest BCUT2D eigenvalue weighted by molar-refractivity contribution is 8.16. The van der Waals surface area contributed by atoms with Gasteiger partial charge in [0.05, 0.1) is 6.61 Å². The maximum Gasteiger partial charge on any atom is 0.449 e. The highest BCUT2D eigenvalue weighted by Gasteiger charge is 2.31. The third-order valence-electron chi connectivity index (χ3n) is 0.774. The normalized spacial score (nSPS) is 19.5. The number of nitrogens with zero attached hydrogens (tertiary/aromatic N) is 1. The third kappa shape index (κ3) is 5.94. The van der Waals surface area contributed by atoms with Crippen LogP contribution in [0.2, 0.25) is 0 Å². The Hall–Kier alpha value is -0.210. The molecule has 0 N–H and O–H groups in total. The first kappa shape index (κ1) is 12.8. The molecule has 1 unspecified atom stereocenters. The monoisotopic (exact) mass is 227 g/mol. The van der Waals surface area contributed by atoms with E-state index in [2.05, 4.69) is 4.52 Å². The van der Waals surface area contributed by atoms with Gasteiger partial charge in [0.2, 0.25) is 0 Å². The highest BCUT2D eigenvalue weighted by atomic mass is 32.3. The molecule has 13 heavy (non-hydrogen) atoms. The minimum atomic E-state index is -3.85. The summed E-state index contributed by atoms with van der Waals surface area (Å²) in [6.07, 6.45) is 3.88. The van der Waals surface area contributed by atoms with Crippen molar-refractivity contribution >= 4 is 16.9 Å². The number of hydrogen-bond acceptors (Lipinski definition) is 5. The quantitative estimate of drug-likeness (QED) is 0.677. The molecule has 0 amide bonds. The molecule has 5 nitrogen and oxygen atoms in total. The number of rotatable bonds is 4. The summed E-state index contributed by atoms with van der Waals surface area (Å²) in [4.78, 5) is 0. The predicted molar refractivity (Wildman–Crippen MR) is 51.8 cm³/mol. The van der Waals surface area contributed by atoms with Gasteiger partial charge in [-0.3, -0.25) is 4.52 Å². The SMILES string of the molecule is CCOP(=O)(C#N)OS(C)(C)(C)=O. The van der Waals surface area contributed by atoms with Gasteiger partial charge in [-0.1, -0.05) is 0 Å². The summed E-state index contributed by atoms with van der Waals surface area (Å²) in [5.41, 5.74) is 0. The van der Waals surface area contributed by atoms with Crippen LogP contribution in [-0.2, 0) is 22.4 Å². The van der Waals surface area contributed by atoms with Crippen molar-refractivity contribution in [2.45, 2.75) is 6.92 Å². The molecule has 0 bridgehead atoms. The van der Waals surface area contributed by atoms with Crippen LogP contribution in [0.15, 0.2) is 0 Å². The Kier molecular flexibility index (Phi) is 3.45. The summed E-state index contributed by atoms with van der Waals surface area (Å²) < 4.78 is 32.4. The van der Waals surface area contributed by atoms with E-state index in [4.69, 9.17) is 9.23 Å². The maximum absolute atomic E-state index is 11.6. The molecule has 0 aromatic heterocycles.